The Labute approximate surface area is 188 Å². The Morgan fingerprint density at radius 2 is 2.23 bits per heavy atom. The van der Waals surface area contributed by atoms with Crippen LogP contribution in [0.1, 0.15) is 18.5 Å². The first-order chi connectivity index (χ1) is 14.9. The summed E-state index contributed by atoms with van der Waals surface area (Å²) in [6, 6.07) is -0.896. The van der Waals surface area contributed by atoms with Crippen LogP contribution < -0.4 is 10.6 Å². The van der Waals surface area contributed by atoms with Gasteiger partial charge in [-0.2, -0.15) is 0 Å². The van der Waals surface area contributed by atoms with E-state index in [1.54, 1.807) is 11.6 Å². The van der Waals surface area contributed by atoms with E-state index in [0.717, 1.165) is 24.2 Å². The first-order valence-electron chi connectivity index (χ1n) is 9.10. The number of hydrogen-bond donors (Lipinski definition) is 3. The van der Waals surface area contributed by atoms with Gasteiger partial charge in [-0.05, 0) is 19.1 Å². The van der Waals surface area contributed by atoms with Crippen LogP contribution in [0.3, 0.4) is 0 Å². The Morgan fingerprint density at radius 1 is 1.45 bits per heavy atom. The van der Waals surface area contributed by atoms with Gasteiger partial charge in [-0.15, -0.1) is 34.9 Å². The van der Waals surface area contributed by atoms with Crippen molar-refractivity contribution >= 4 is 69.9 Å². The highest BCUT2D eigenvalue weighted by atomic mass is 32.2. The molecule has 0 spiro atoms. The quantitative estimate of drug-likeness (QED) is 0.199. The topological polar surface area (TPSA) is 150 Å². The van der Waals surface area contributed by atoms with Gasteiger partial charge in [0.05, 0.1) is 0 Å². The second kappa shape index (κ2) is 8.88. The average molecular weight is 484 g/mol. The summed E-state index contributed by atoms with van der Waals surface area (Å²) in [4.78, 5) is 59.2. The van der Waals surface area contributed by atoms with E-state index in [-0.39, 0.29) is 28.3 Å². The average Bonchev–Trinajstić information content (AvgIpc) is 3.48. The van der Waals surface area contributed by atoms with Gasteiger partial charge in [0.1, 0.15) is 28.9 Å². The lowest BCUT2D eigenvalue weighted by molar-refractivity contribution is -0.150. The van der Waals surface area contributed by atoms with Gasteiger partial charge < -0.3 is 20.6 Å². The van der Waals surface area contributed by atoms with Crippen molar-refractivity contribution in [2.75, 3.05) is 17.3 Å². The van der Waals surface area contributed by atoms with Gasteiger partial charge in [0.15, 0.2) is 10.8 Å². The SMILES string of the molecule is CSC1=C(C(=O)O)N2C(=O)[C@@H](NC(=O)/C(=N\OC3CC3)c3csc(NC=O)n3)[C@H]2SC1. The zero-order valence-electron chi connectivity index (χ0n) is 16.1. The van der Waals surface area contributed by atoms with Gasteiger partial charge in [-0.3, -0.25) is 19.3 Å². The molecule has 14 heteroatoms. The monoisotopic (exact) mass is 483 g/mol. The maximum absolute atomic E-state index is 12.9. The van der Waals surface area contributed by atoms with Crippen molar-refractivity contribution in [3.05, 3.63) is 21.7 Å². The molecular formula is C17H17N5O6S3. The summed E-state index contributed by atoms with van der Waals surface area (Å²) in [5, 5.41) is 19.8. The van der Waals surface area contributed by atoms with Crippen LogP contribution in [0.2, 0.25) is 0 Å². The van der Waals surface area contributed by atoms with Crippen LogP contribution in [0.25, 0.3) is 0 Å². The number of anilines is 1. The molecule has 4 rings (SSSR count). The molecule has 1 aliphatic carbocycles. The Bertz CT molecular complexity index is 1000. The number of nitrogens with one attached hydrogen (secondary N) is 2. The molecule has 31 heavy (non-hydrogen) atoms. The van der Waals surface area contributed by atoms with E-state index >= 15 is 0 Å². The molecule has 1 aromatic heterocycles. The molecule has 2 fully saturated rings. The number of thioether (sulfide) groups is 2. The Kier molecular flexibility index (Phi) is 6.20. The number of hydrogen-bond acceptors (Lipinski definition) is 10. The largest absolute Gasteiger partial charge is 0.477 e. The van der Waals surface area contributed by atoms with E-state index in [1.807, 2.05) is 0 Å². The number of carbonyl (C=O) groups excluding carboxylic acids is 3. The minimum Gasteiger partial charge on any atom is -0.477 e. The predicted octanol–water partition coefficient (Wildman–Crippen LogP) is 0.654. The standard InChI is InChI=1S/C17H17N5O6S3/c1-29-9-5-30-15-11(14(25)22(15)12(9)16(26)27)20-13(24)10(21-28-7-2-3-7)8-4-31-17(19-8)18-6-23/h4,6-7,11,15H,2-3,5H2,1H3,(H,20,24)(H,26,27)(H,18,19,23)/b21-10-/t11-,15-/m1/s1. The summed E-state index contributed by atoms with van der Waals surface area (Å²) in [5.41, 5.74) is 0.0398. The van der Waals surface area contributed by atoms with E-state index in [9.17, 15) is 24.3 Å². The number of amides is 3. The van der Waals surface area contributed by atoms with Crippen molar-refractivity contribution in [1.82, 2.24) is 15.2 Å². The number of nitrogens with zero attached hydrogens (tertiary/aromatic N) is 3. The van der Waals surface area contributed by atoms with E-state index in [1.165, 1.54) is 28.4 Å². The lowest BCUT2D eigenvalue weighted by Crippen LogP contribution is -2.71. The third-order valence-electron chi connectivity index (χ3n) is 4.63. The van der Waals surface area contributed by atoms with Crippen LogP contribution >= 0.6 is 34.9 Å². The molecule has 0 aromatic carbocycles. The molecule has 11 nitrogen and oxygen atoms in total. The zero-order chi connectivity index (χ0) is 22.1. The molecule has 0 radical (unpaired) electrons. The number of aliphatic carboxylic acids is 1. The Morgan fingerprint density at radius 3 is 2.87 bits per heavy atom. The van der Waals surface area contributed by atoms with Gasteiger partial charge in [-0.25, -0.2) is 9.78 Å². The summed E-state index contributed by atoms with van der Waals surface area (Å²) in [7, 11) is 0. The number of oxime groups is 1. The lowest BCUT2D eigenvalue weighted by Gasteiger charge is -2.49. The number of carbonyl (C=O) groups is 4. The minimum atomic E-state index is -1.18. The van der Waals surface area contributed by atoms with Crippen molar-refractivity contribution in [2.24, 2.45) is 5.16 Å². The molecule has 3 aliphatic rings. The molecular weight excluding hydrogens is 466 g/mol. The molecule has 2 atom stereocenters. The third kappa shape index (κ3) is 4.27. The fourth-order valence-electron chi connectivity index (χ4n) is 2.96. The smallest absolute Gasteiger partial charge is 0.353 e. The van der Waals surface area contributed by atoms with E-state index in [0.29, 0.717) is 17.1 Å². The lowest BCUT2D eigenvalue weighted by atomic mass is 10.0. The summed E-state index contributed by atoms with van der Waals surface area (Å²) >= 11 is 3.78. The summed E-state index contributed by atoms with van der Waals surface area (Å²) in [6.07, 6.45) is 3.84. The summed E-state index contributed by atoms with van der Waals surface area (Å²) in [5.74, 6) is -1.91. The summed E-state index contributed by atoms with van der Waals surface area (Å²) < 4.78 is 0. The van der Waals surface area contributed by atoms with Crippen molar-refractivity contribution in [1.29, 1.82) is 0 Å². The number of fused-ring (bicyclic) bond motifs is 1. The highest BCUT2D eigenvalue weighted by molar-refractivity contribution is 8.05. The van der Waals surface area contributed by atoms with Crippen molar-refractivity contribution in [2.45, 2.75) is 30.4 Å². The van der Waals surface area contributed by atoms with Crippen LogP contribution in [-0.4, -0.2) is 74.4 Å². The number of rotatable bonds is 9. The normalized spacial score (nSPS) is 23.1. The molecule has 1 saturated carbocycles. The zero-order valence-corrected chi connectivity index (χ0v) is 18.5. The van der Waals surface area contributed by atoms with Crippen LogP contribution in [0.15, 0.2) is 21.1 Å². The van der Waals surface area contributed by atoms with Gasteiger partial charge in [-0.1, -0.05) is 5.16 Å². The fourth-order valence-corrected chi connectivity index (χ4v) is 5.86. The van der Waals surface area contributed by atoms with Gasteiger partial charge in [0, 0.05) is 16.0 Å². The highest BCUT2D eigenvalue weighted by Crippen LogP contribution is 2.42. The second-order valence-electron chi connectivity index (χ2n) is 6.69. The number of carboxylic acid groups (broad SMARTS) is 1. The molecule has 1 saturated heterocycles. The van der Waals surface area contributed by atoms with Gasteiger partial charge in [0.2, 0.25) is 6.41 Å². The predicted molar refractivity (Wildman–Crippen MR) is 116 cm³/mol. The Hall–Kier alpha value is -2.58. The van der Waals surface area contributed by atoms with Crippen LogP contribution in [0.4, 0.5) is 5.13 Å². The number of thiazole rings is 1. The first-order valence-corrected chi connectivity index (χ1v) is 12.3. The fraction of sp³-hybridized carbons (Fsp3) is 0.412. The Balaban J connectivity index is 1.52. The summed E-state index contributed by atoms with van der Waals surface area (Å²) in [6.45, 7) is 0. The molecule has 0 unspecified atom stereocenters. The molecule has 3 N–H and O–H groups in total. The maximum atomic E-state index is 12.9. The molecule has 2 aliphatic heterocycles. The molecule has 0 bridgehead atoms. The number of aromatic nitrogens is 1. The van der Waals surface area contributed by atoms with Crippen LogP contribution in [0, 0.1) is 0 Å². The van der Waals surface area contributed by atoms with Crippen LogP contribution in [-0.2, 0) is 24.0 Å². The maximum Gasteiger partial charge on any atom is 0.353 e. The molecule has 3 heterocycles. The van der Waals surface area contributed by atoms with E-state index in [2.05, 4.69) is 20.8 Å². The van der Waals surface area contributed by atoms with E-state index in [4.69, 9.17) is 4.84 Å². The number of carboxylic acids is 1. The van der Waals surface area contributed by atoms with Crippen molar-refractivity contribution in [3.8, 4) is 0 Å². The molecule has 3 amide bonds. The van der Waals surface area contributed by atoms with E-state index < -0.39 is 29.2 Å². The van der Waals surface area contributed by atoms with Gasteiger partial charge >= 0.3 is 5.97 Å². The first kappa shape index (κ1) is 21.6. The highest BCUT2D eigenvalue weighted by Gasteiger charge is 2.54. The third-order valence-corrected chi connectivity index (χ3v) is 7.70. The van der Waals surface area contributed by atoms with Gasteiger partial charge in [0.25, 0.3) is 11.8 Å². The van der Waals surface area contributed by atoms with Crippen LogP contribution in [0.5, 0.6) is 0 Å². The molecule has 1 aromatic rings. The van der Waals surface area contributed by atoms with Crippen molar-refractivity contribution < 1.29 is 29.1 Å². The second-order valence-corrected chi connectivity index (χ2v) is 9.55. The number of β-lactam (4-membered cyclic amide) rings is 1. The minimum absolute atomic E-state index is 0.0400. The molecule has 164 valence electrons. The van der Waals surface area contributed by atoms with Crippen molar-refractivity contribution in [3.63, 3.8) is 0 Å².